The molecule has 1 amide bonds. The van der Waals surface area contributed by atoms with Crippen LogP contribution in [0.15, 0.2) is 47.1 Å². The van der Waals surface area contributed by atoms with Crippen LogP contribution in [0.3, 0.4) is 0 Å². The van der Waals surface area contributed by atoms with E-state index < -0.39 is 0 Å². The standard InChI is InChI=1S/C15H13NO2/c17-10-16-7-5-12-9-11-3-1-2-4-13(11)14-6-8-18-15(12)14/h1-4,6,8-10H,5,7H2,(H,16,17). The molecule has 0 aliphatic carbocycles. The lowest BCUT2D eigenvalue weighted by Gasteiger charge is -2.05. The summed E-state index contributed by atoms with van der Waals surface area (Å²) < 4.78 is 5.57. The molecule has 3 heteroatoms. The van der Waals surface area contributed by atoms with Crippen molar-refractivity contribution in [2.45, 2.75) is 6.42 Å². The van der Waals surface area contributed by atoms with Crippen molar-refractivity contribution in [2.24, 2.45) is 0 Å². The van der Waals surface area contributed by atoms with Crippen molar-refractivity contribution in [1.82, 2.24) is 5.32 Å². The highest BCUT2D eigenvalue weighted by Crippen LogP contribution is 2.29. The van der Waals surface area contributed by atoms with Crippen LogP contribution < -0.4 is 5.32 Å². The molecule has 3 aromatic rings. The quantitative estimate of drug-likeness (QED) is 0.562. The molecule has 3 rings (SSSR count). The molecule has 3 nitrogen and oxygen atoms in total. The van der Waals surface area contributed by atoms with Crippen molar-refractivity contribution < 1.29 is 9.21 Å². The average molecular weight is 239 g/mol. The van der Waals surface area contributed by atoms with Crippen molar-refractivity contribution in [2.75, 3.05) is 6.54 Å². The van der Waals surface area contributed by atoms with Gasteiger partial charge in [0.2, 0.25) is 6.41 Å². The molecule has 1 N–H and O–H groups in total. The van der Waals surface area contributed by atoms with Crippen LogP contribution in [-0.2, 0) is 11.2 Å². The molecule has 1 heterocycles. The molecule has 0 aliphatic heterocycles. The lowest BCUT2D eigenvalue weighted by atomic mass is 10.0. The van der Waals surface area contributed by atoms with Crippen LogP contribution in [0.4, 0.5) is 0 Å². The van der Waals surface area contributed by atoms with E-state index in [9.17, 15) is 4.79 Å². The predicted molar refractivity (Wildman–Crippen MR) is 71.5 cm³/mol. The largest absolute Gasteiger partial charge is 0.464 e. The van der Waals surface area contributed by atoms with Gasteiger partial charge in [-0.3, -0.25) is 4.79 Å². The first-order valence-corrected chi connectivity index (χ1v) is 5.95. The minimum atomic E-state index is 0.623. The number of hydrogen-bond acceptors (Lipinski definition) is 2. The van der Waals surface area contributed by atoms with Gasteiger partial charge in [-0.25, -0.2) is 0 Å². The Balaban J connectivity index is 2.16. The number of carbonyl (C=O) groups excluding carboxylic acids is 1. The highest BCUT2D eigenvalue weighted by Gasteiger charge is 2.08. The Hall–Kier alpha value is -2.29. The SMILES string of the molecule is O=CNCCc1cc2ccccc2c2ccoc12. The van der Waals surface area contributed by atoms with Gasteiger partial charge in [0.15, 0.2) is 0 Å². The van der Waals surface area contributed by atoms with E-state index in [2.05, 4.69) is 23.5 Å². The lowest BCUT2D eigenvalue weighted by molar-refractivity contribution is -0.109. The van der Waals surface area contributed by atoms with Gasteiger partial charge in [-0.2, -0.15) is 0 Å². The summed E-state index contributed by atoms with van der Waals surface area (Å²) in [6, 6.07) is 12.4. The highest BCUT2D eigenvalue weighted by atomic mass is 16.3. The number of amides is 1. The molecule has 90 valence electrons. The fourth-order valence-corrected chi connectivity index (χ4v) is 2.34. The molecule has 0 saturated heterocycles. The maximum Gasteiger partial charge on any atom is 0.207 e. The summed E-state index contributed by atoms with van der Waals surface area (Å²) in [5.41, 5.74) is 2.05. The third kappa shape index (κ3) is 1.74. The first-order chi connectivity index (χ1) is 8.90. The van der Waals surface area contributed by atoms with E-state index in [1.54, 1.807) is 6.26 Å². The summed E-state index contributed by atoms with van der Waals surface area (Å²) in [5, 5.41) is 6.22. The summed E-state index contributed by atoms with van der Waals surface area (Å²) in [6.07, 6.45) is 3.21. The topological polar surface area (TPSA) is 42.2 Å². The number of hydrogen-bond donors (Lipinski definition) is 1. The second-order valence-corrected chi connectivity index (χ2v) is 4.24. The van der Waals surface area contributed by atoms with Gasteiger partial charge in [-0.05, 0) is 34.9 Å². The second-order valence-electron chi connectivity index (χ2n) is 4.24. The van der Waals surface area contributed by atoms with Crippen molar-refractivity contribution in [3.8, 4) is 0 Å². The minimum absolute atomic E-state index is 0.623. The van der Waals surface area contributed by atoms with Crippen LogP contribution in [-0.4, -0.2) is 13.0 Å². The molecular weight excluding hydrogens is 226 g/mol. The van der Waals surface area contributed by atoms with E-state index >= 15 is 0 Å². The predicted octanol–water partition coefficient (Wildman–Crippen LogP) is 2.87. The second kappa shape index (κ2) is 4.53. The summed E-state index contributed by atoms with van der Waals surface area (Å²) >= 11 is 0. The molecule has 0 spiro atoms. The van der Waals surface area contributed by atoms with E-state index in [0.29, 0.717) is 6.54 Å². The Morgan fingerprint density at radius 3 is 2.94 bits per heavy atom. The molecule has 0 radical (unpaired) electrons. The average Bonchev–Trinajstić information content (AvgIpc) is 2.89. The summed E-state index contributed by atoms with van der Waals surface area (Å²) in [4.78, 5) is 10.3. The molecule has 0 aliphatic rings. The number of benzene rings is 2. The van der Waals surface area contributed by atoms with Crippen molar-refractivity contribution in [3.05, 3.63) is 48.2 Å². The molecule has 0 unspecified atom stereocenters. The summed E-state index contributed by atoms with van der Waals surface area (Å²) in [6.45, 7) is 0.623. The van der Waals surface area contributed by atoms with Gasteiger partial charge >= 0.3 is 0 Å². The Morgan fingerprint density at radius 1 is 1.17 bits per heavy atom. The molecular formula is C15H13NO2. The van der Waals surface area contributed by atoms with Crippen LogP contribution >= 0.6 is 0 Å². The van der Waals surface area contributed by atoms with Gasteiger partial charge in [0.25, 0.3) is 0 Å². The summed E-state index contributed by atoms with van der Waals surface area (Å²) in [5.74, 6) is 0. The van der Waals surface area contributed by atoms with Crippen molar-refractivity contribution >= 4 is 28.2 Å². The van der Waals surface area contributed by atoms with Crippen LogP contribution in [0.5, 0.6) is 0 Å². The lowest BCUT2D eigenvalue weighted by Crippen LogP contribution is -2.14. The zero-order chi connectivity index (χ0) is 12.4. The van der Waals surface area contributed by atoms with Gasteiger partial charge in [0, 0.05) is 11.9 Å². The minimum Gasteiger partial charge on any atom is -0.464 e. The Kier molecular flexibility index (Phi) is 2.73. The van der Waals surface area contributed by atoms with Crippen molar-refractivity contribution in [1.29, 1.82) is 0 Å². The normalized spacial score (nSPS) is 10.9. The van der Waals surface area contributed by atoms with Gasteiger partial charge in [0.05, 0.1) is 6.26 Å². The van der Waals surface area contributed by atoms with E-state index in [1.807, 2.05) is 18.2 Å². The highest BCUT2D eigenvalue weighted by molar-refractivity contribution is 6.07. The maximum absolute atomic E-state index is 10.3. The van der Waals surface area contributed by atoms with E-state index in [0.717, 1.165) is 29.4 Å². The van der Waals surface area contributed by atoms with Gasteiger partial charge in [-0.15, -0.1) is 0 Å². The van der Waals surface area contributed by atoms with Gasteiger partial charge < -0.3 is 9.73 Å². The third-order valence-electron chi connectivity index (χ3n) is 3.16. The fourth-order valence-electron chi connectivity index (χ4n) is 2.34. The van der Waals surface area contributed by atoms with E-state index in [1.165, 1.54) is 10.8 Å². The van der Waals surface area contributed by atoms with Gasteiger partial charge in [-0.1, -0.05) is 24.3 Å². The smallest absolute Gasteiger partial charge is 0.207 e. The Morgan fingerprint density at radius 2 is 2.06 bits per heavy atom. The Labute approximate surface area is 104 Å². The van der Waals surface area contributed by atoms with Crippen LogP contribution in [0, 0.1) is 0 Å². The first kappa shape index (κ1) is 10.8. The molecule has 18 heavy (non-hydrogen) atoms. The van der Waals surface area contributed by atoms with E-state index in [4.69, 9.17) is 4.42 Å². The van der Waals surface area contributed by atoms with Crippen LogP contribution in [0.25, 0.3) is 21.7 Å². The van der Waals surface area contributed by atoms with Crippen LogP contribution in [0.1, 0.15) is 5.56 Å². The zero-order valence-electron chi connectivity index (χ0n) is 9.85. The molecule has 0 fully saturated rings. The third-order valence-corrected chi connectivity index (χ3v) is 3.16. The van der Waals surface area contributed by atoms with E-state index in [-0.39, 0.29) is 0 Å². The number of rotatable bonds is 4. The zero-order valence-corrected chi connectivity index (χ0v) is 9.85. The molecule has 0 atom stereocenters. The monoisotopic (exact) mass is 239 g/mol. The molecule has 1 aromatic heterocycles. The Bertz CT molecular complexity index is 700. The van der Waals surface area contributed by atoms with Crippen molar-refractivity contribution in [3.63, 3.8) is 0 Å². The fraction of sp³-hybridized carbons (Fsp3) is 0.133. The number of nitrogens with one attached hydrogen (secondary N) is 1. The number of fused-ring (bicyclic) bond motifs is 3. The molecule has 0 bridgehead atoms. The maximum atomic E-state index is 10.3. The van der Waals surface area contributed by atoms with Crippen LogP contribution in [0.2, 0.25) is 0 Å². The summed E-state index contributed by atoms with van der Waals surface area (Å²) in [7, 11) is 0. The first-order valence-electron chi connectivity index (χ1n) is 5.95. The van der Waals surface area contributed by atoms with Gasteiger partial charge in [0.1, 0.15) is 5.58 Å². The molecule has 0 saturated carbocycles. The molecule has 2 aromatic carbocycles. The number of carbonyl (C=O) groups is 1. The number of furan rings is 1.